The van der Waals surface area contributed by atoms with Gasteiger partial charge in [-0.2, -0.15) is 0 Å². The highest BCUT2D eigenvalue weighted by atomic mass is 16.2. The van der Waals surface area contributed by atoms with Crippen molar-refractivity contribution in [2.75, 3.05) is 53.4 Å². The van der Waals surface area contributed by atoms with Crippen molar-refractivity contribution in [2.24, 2.45) is 5.73 Å². The molecule has 6 nitrogen and oxygen atoms in total. The standard InChI is InChI=1S/C20H24N2.C15H27N3.C2H6.CH4O/c1-16-8-3-4-9-18(16)15-22(2)13-7-10-17-14-21-20-12-6-5-11-19(17)20;16-15(13-6-7-13)12-17-8-10-18(11-9-17)14-4-2-1-3-5-14;2*1-2/h3-6,8-9,11-12,14,21H,7,10,13,15H2,1-2H3;14H,1-12,16H2;1-2H3;2H,1H3. The molecule has 2 saturated carbocycles. The summed E-state index contributed by atoms with van der Waals surface area (Å²) in [5, 5.41) is 8.36. The number of H-pyrrole nitrogens is 1. The maximum Gasteiger partial charge on any atom is 0.0456 e. The first-order valence-corrected chi connectivity index (χ1v) is 17.2. The number of aromatic nitrogens is 1. The van der Waals surface area contributed by atoms with Gasteiger partial charge in [-0.25, -0.2) is 0 Å². The zero-order valence-electron chi connectivity index (χ0n) is 28.5. The molecule has 1 saturated heterocycles. The largest absolute Gasteiger partial charge is 0.401 e. The second-order valence-corrected chi connectivity index (χ2v) is 12.4. The predicted octanol–water partition coefficient (Wildman–Crippen LogP) is 7.12. The average Bonchev–Trinajstić information content (AvgIpc) is 3.86. The lowest BCUT2D eigenvalue weighted by molar-refractivity contribution is 0.0833. The minimum absolute atomic E-state index is 0.889. The van der Waals surface area contributed by atoms with Crippen LogP contribution in [0.5, 0.6) is 0 Å². The van der Waals surface area contributed by atoms with Gasteiger partial charge in [0.05, 0.1) is 0 Å². The van der Waals surface area contributed by atoms with Crippen LogP contribution in [0.3, 0.4) is 0 Å². The molecule has 2 aromatic carbocycles. The van der Waals surface area contributed by atoms with Crippen molar-refractivity contribution in [1.29, 1.82) is 0 Å². The third kappa shape index (κ3) is 11.4. The summed E-state index contributed by atoms with van der Waals surface area (Å²) < 4.78 is 0. The van der Waals surface area contributed by atoms with Crippen molar-refractivity contribution < 1.29 is 5.11 Å². The van der Waals surface area contributed by atoms with Crippen LogP contribution in [0.15, 0.2) is 66.0 Å². The topological polar surface area (TPSA) is 71.8 Å². The van der Waals surface area contributed by atoms with Crippen LogP contribution in [0, 0.1) is 6.92 Å². The number of piperazine rings is 1. The zero-order chi connectivity index (χ0) is 31.7. The highest BCUT2D eigenvalue weighted by Gasteiger charge is 2.26. The Labute approximate surface area is 268 Å². The fraction of sp³-hybridized carbons (Fsp3) is 0.579. The number of allylic oxidation sites excluding steroid dienone is 1. The Balaban J connectivity index is 0.000000219. The Kier molecular flexibility index (Phi) is 16.0. The molecule has 6 heteroatoms. The smallest absolute Gasteiger partial charge is 0.0456 e. The quantitative estimate of drug-likeness (QED) is 0.243. The second kappa shape index (κ2) is 19.7. The molecule has 0 atom stereocenters. The van der Waals surface area contributed by atoms with Gasteiger partial charge in [0.2, 0.25) is 0 Å². The fourth-order valence-corrected chi connectivity index (χ4v) is 6.50. The average molecular weight is 604 g/mol. The number of para-hydroxylation sites is 1. The van der Waals surface area contributed by atoms with Crippen molar-refractivity contribution in [3.63, 3.8) is 0 Å². The van der Waals surface area contributed by atoms with Gasteiger partial charge in [-0.15, -0.1) is 0 Å². The number of hydrogen-bond acceptors (Lipinski definition) is 5. The minimum Gasteiger partial charge on any atom is -0.401 e. The first-order chi connectivity index (χ1) is 21.6. The monoisotopic (exact) mass is 603 g/mol. The number of benzene rings is 2. The van der Waals surface area contributed by atoms with E-state index < -0.39 is 0 Å². The molecular weight excluding hydrogens is 542 g/mol. The van der Waals surface area contributed by atoms with Crippen molar-refractivity contribution in [1.82, 2.24) is 19.7 Å². The van der Waals surface area contributed by atoms with Gasteiger partial charge in [0.15, 0.2) is 0 Å². The highest BCUT2D eigenvalue weighted by molar-refractivity contribution is 5.83. The molecule has 2 aliphatic carbocycles. The first-order valence-electron chi connectivity index (χ1n) is 17.2. The number of fused-ring (bicyclic) bond motifs is 1. The van der Waals surface area contributed by atoms with E-state index in [1.54, 1.807) is 0 Å². The summed E-state index contributed by atoms with van der Waals surface area (Å²) in [5.74, 6) is 0. The summed E-state index contributed by atoms with van der Waals surface area (Å²) in [5.41, 5.74) is 14.3. The van der Waals surface area contributed by atoms with E-state index >= 15 is 0 Å². The number of hydrogen-bond donors (Lipinski definition) is 3. The Morgan fingerprint density at radius 2 is 1.57 bits per heavy atom. The molecule has 244 valence electrons. The van der Waals surface area contributed by atoms with Crippen molar-refractivity contribution in [3.05, 3.63) is 82.7 Å². The van der Waals surface area contributed by atoms with Gasteiger partial charge in [0.25, 0.3) is 0 Å². The van der Waals surface area contributed by atoms with E-state index in [0.717, 1.165) is 39.2 Å². The van der Waals surface area contributed by atoms with E-state index in [1.807, 2.05) is 13.8 Å². The van der Waals surface area contributed by atoms with Gasteiger partial charge >= 0.3 is 0 Å². The van der Waals surface area contributed by atoms with Crippen LogP contribution in [-0.4, -0.2) is 84.3 Å². The van der Waals surface area contributed by atoms with E-state index in [-0.39, 0.29) is 0 Å². The lowest BCUT2D eigenvalue weighted by atomic mass is 9.94. The summed E-state index contributed by atoms with van der Waals surface area (Å²) >= 11 is 0. The van der Waals surface area contributed by atoms with E-state index in [4.69, 9.17) is 10.8 Å². The summed E-state index contributed by atoms with van der Waals surface area (Å²) in [6, 6.07) is 18.1. The molecule has 0 spiro atoms. The molecule has 1 aromatic heterocycles. The third-order valence-electron chi connectivity index (χ3n) is 9.21. The molecule has 0 unspecified atom stereocenters. The molecule has 3 fully saturated rings. The molecule has 0 bridgehead atoms. The van der Waals surface area contributed by atoms with Crippen LogP contribution in [0.2, 0.25) is 0 Å². The predicted molar refractivity (Wildman–Crippen MR) is 189 cm³/mol. The Bertz CT molecular complexity index is 1230. The van der Waals surface area contributed by atoms with Crippen LogP contribution in [0.1, 0.15) is 81.9 Å². The Morgan fingerprint density at radius 3 is 2.25 bits per heavy atom. The molecule has 4 N–H and O–H groups in total. The molecular formula is C38H61N5O. The van der Waals surface area contributed by atoms with Gasteiger partial charge in [0, 0.05) is 75.2 Å². The molecule has 3 aliphatic rings. The molecule has 6 rings (SSSR count). The summed E-state index contributed by atoms with van der Waals surface area (Å²) in [6.07, 6.45) is 14.2. The SMILES string of the molecule is CC.CO.Cc1ccccc1CN(C)CCCc1c[nH]c2ccccc12.NC(CN1CCN(C2CCCCC2)CC1)=C1CC1. The number of nitrogens with two attached hydrogens (primary N) is 1. The molecule has 3 aromatic rings. The number of aliphatic hydroxyl groups excluding tert-OH is 1. The van der Waals surface area contributed by atoms with E-state index in [0.29, 0.717) is 0 Å². The number of aliphatic hydroxyl groups is 1. The van der Waals surface area contributed by atoms with E-state index in [9.17, 15) is 0 Å². The normalized spacial score (nSPS) is 17.2. The molecule has 2 heterocycles. The zero-order valence-corrected chi connectivity index (χ0v) is 28.5. The molecule has 44 heavy (non-hydrogen) atoms. The van der Waals surface area contributed by atoms with Crippen molar-refractivity contribution in [2.45, 2.75) is 91.1 Å². The summed E-state index contributed by atoms with van der Waals surface area (Å²) in [6.45, 7) is 14.3. The summed E-state index contributed by atoms with van der Waals surface area (Å²) in [4.78, 5) is 11.0. The number of aromatic amines is 1. The fourth-order valence-electron chi connectivity index (χ4n) is 6.50. The van der Waals surface area contributed by atoms with E-state index in [2.05, 4.69) is 88.4 Å². The van der Waals surface area contributed by atoms with Crippen LogP contribution < -0.4 is 5.73 Å². The van der Waals surface area contributed by atoms with Gasteiger partial charge < -0.3 is 20.7 Å². The van der Waals surface area contributed by atoms with Crippen LogP contribution >= 0.6 is 0 Å². The maximum atomic E-state index is 7.00. The molecule has 1 aliphatic heterocycles. The van der Waals surface area contributed by atoms with Gasteiger partial charge in [-0.1, -0.05) is 75.6 Å². The first kappa shape index (κ1) is 35.8. The molecule has 0 amide bonds. The van der Waals surface area contributed by atoms with Gasteiger partial charge in [-0.3, -0.25) is 9.80 Å². The molecule has 0 radical (unpaired) electrons. The van der Waals surface area contributed by atoms with Crippen LogP contribution in [-0.2, 0) is 13.0 Å². The van der Waals surface area contributed by atoms with Crippen LogP contribution in [0.25, 0.3) is 10.9 Å². The lowest BCUT2D eigenvalue weighted by Crippen LogP contribution is -2.51. The number of rotatable bonds is 9. The Morgan fingerprint density at radius 1 is 0.909 bits per heavy atom. The van der Waals surface area contributed by atoms with Gasteiger partial charge in [-0.05, 0) is 87.4 Å². The van der Waals surface area contributed by atoms with Crippen molar-refractivity contribution in [3.8, 4) is 0 Å². The van der Waals surface area contributed by atoms with Gasteiger partial charge in [0.1, 0.15) is 0 Å². The minimum atomic E-state index is 0.889. The lowest BCUT2D eigenvalue weighted by Gasteiger charge is -2.40. The number of nitrogens with zero attached hydrogens (tertiary/aromatic N) is 3. The highest BCUT2D eigenvalue weighted by Crippen LogP contribution is 2.30. The number of aryl methyl sites for hydroxylation is 2. The Hall–Kier alpha value is -2.64. The second-order valence-electron chi connectivity index (χ2n) is 12.4. The maximum absolute atomic E-state index is 7.00. The summed E-state index contributed by atoms with van der Waals surface area (Å²) in [7, 11) is 3.21. The van der Waals surface area contributed by atoms with Crippen molar-refractivity contribution >= 4 is 10.9 Å². The van der Waals surface area contributed by atoms with Crippen LogP contribution in [0.4, 0.5) is 0 Å². The third-order valence-corrected chi connectivity index (χ3v) is 9.21. The number of nitrogens with one attached hydrogen (secondary N) is 1. The van der Waals surface area contributed by atoms with E-state index in [1.165, 1.54) is 116 Å².